The fourth-order valence-corrected chi connectivity index (χ4v) is 3.20. The lowest BCUT2D eigenvalue weighted by Crippen LogP contribution is -2.41. The lowest BCUT2D eigenvalue weighted by molar-refractivity contribution is 0.0297. The van der Waals surface area contributed by atoms with Gasteiger partial charge in [-0.1, -0.05) is 29.3 Å². The number of hydrogen-bond acceptors (Lipinski definition) is 5. The third kappa shape index (κ3) is 3.85. The highest BCUT2D eigenvalue weighted by Gasteiger charge is 2.22. The van der Waals surface area contributed by atoms with Crippen molar-refractivity contribution in [3.8, 4) is 0 Å². The Bertz CT molecular complexity index is 985. The van der Waals surface area contributed by atoms with Crippen LogP contribution in [-0.4, -0.2) is 51.7 Å². The normalized spacial score (nSPS) is 14.5. The molecule has 9 heteroatoms. The molecule has 0 saturated carbocycles. The van der Waals surface area contributed by atoms with Crippen LogP contribution < -0.4 is 5.32 Å². The molecular weight excluding hydrogens is 389 g/mol. The maximum atomic E-state index is 12.8. The number of nitrogens with one attached hydrogen (secondary N) is 1. The van der Waals surface area contributed by atoms with Gasteiger partial charge in [0, 0.05) is 19.6 Å². The molecule has 27 heavy (non-hydrogen) atoms. The molecule has 140 valence electrons. The van der Waals surface area contributed by atoms with E-state index in [9.17, 15) is 4.79 Å². The van der Waals surface area contributed by atoms with E-state index in [-0.39, 0.29) is 5.91 Å². The zero-order valence-corrected chi connectivity index (χ0v) is 15.9. The van der Waals surface area contributed by atoms with Crippen molar-refractivity contribution in [2.24, 2.45) is 0 Å². The number of rotatable bonds is 4. The van der Waals surface area contributed by atoms with Gasteiger partial charge >= 0.3 is 0 Å². The van der Waals surface area contributed by atoms with Crippen molar-refractivity contribution in [3.05, 3.63) is 57.8 Å². The van der Waals surface area contributed by atoms with Crippen molar-refractivity contribution < 1.29 is 9.53 Å². The quantitative estimate of drug-likeness (QED) is 0.721. The van der Waals surface area contributed by atoms with E-state index in [1.807, 2.05) is 18.2 Å². The Hall–Kier alpha value is -2.35. The van der Waals surface area contributed by atoms with Gasteiger partial charge in [-0.3, -0.25) is 4.79 Å². The molecule has 0 spiro atoms. The highest BCUT2D eigenvalue weighted by Crippen LogP contribution is 2.23. The highest BCUT2D eigenvalue weighted by atomic mass is 35.5. The molecule has 3 heterocycles. The average molecular weight is 406 g/mol. The Morgan fingerprint density at radius 2 is 1.96 bits per heavy atom. The average Bonchev–Trinajstić information content (AvgIpc) is 3.12. The topological polar surface area (TPSA) is 71.8 Å². The minimum Gasteiger partial charge on any atom is -0.378 e. The fraction of sp³-hybridized carbons (Fsp3) is 0.278. The molecule has 1 aromatic carbocycles. The predicted molar refractivity (Wildman–Crippen MR) is 103 cm³/mol. The molecule has 0 unspecified atom stereocenters. The molecular formula is C18H17Cl2N5O2. The molecule has 0 radical (unpaired) electrons. The van der Waals surface area contributed by atoms with Gasteiger partial charge in [0.25, 0.3) is 5.91 Å². The molecule has 1 N–H and O–H groups in total. The van der Waals surface area contributed by atoms with E-state index >= 15 is 0 Å². The van der Waals surface area contributed by atoms with Gasteiger partial charge in [-0.25, -0.2) is 9.50 Å². The van der Waals surface area contributed by atoms with E-state index in [0.29, 0.717) is 60.1 Å². The SMILES string of the molecule is O=C(c1cnc2ccc(NCc3ccc(Cl)c(Cl)c3)nn12)N1CCOCC1. The minimum absolute atomic E-state index is 0.0973. The number of ether oxygens (including phenoxy) is 1. The number of aromatic nitrogens is 3. The number of carbonyl (C=O) groups is 1. The van der Waals surface area contributed by atoms with Crippen molar-refractivity contribution in [1.82, 2.24) is 19.5 Å². The third-order valence-electron chi connectivity index (χ3n) is 4.34. The lowest BCUT2D eigenvalue weighted by Gasteiger charge is -2.26. The van der Waals surface area contributed by atoms with Gasteiger partial charge in [0.1, 0.15) is 5.82 Å². The van der Waals surface area contributed by atoms with Crippen LogP contribution in [0.1, 0.15) is 16.1 Å². The van der Waals surface area contributed by atoms with Gasteiger partial charge in [0.15, 0.2) is 11.3 Å². The van der Waals surface area contributed by atoms with Crippen LogP contribution in [0.3, 0.4) is 0 Å². The lowest BCUT2D eigenvalue weighted by atomic mass is 10.2. The van der Waals surface area contributed by atoms with Gasteiger partial charge in [-0.15, -0.1) is 5.10 Å². The molecule has 1 aliphatic rings. The van der Waals surface area contributed by atoms with E-state index in [0.717, 1.165) is 5.56 Å². The zero-order chi connectivity index (χ0) is 18.8. The first-order valence-electron chi connectivity index (χ1n) is 8.51. The van der Waals surface area contributed by atoms with Gasteiger partial charge in [0.05, 0.1) is 29.5 Å². The van der Waals surface area contributed by atoms with Crippen LogP contribution in [0.15, 0.2) is 36.5 Å². The number of hydrogen-bond donors (Lipinski definition) is 1. The summed E-state index contributed by atoms with van der Waals surface area (Å²) in [5.74, 6) is 0.530. The number of nitrogens with zero attached hydrogens (tertiary/aromatic N) is 4. The Morgan fingerprint density at radius 3 is 2.74 bits per heavy atom. The summed E-state index contributed by atoms with van der Waals surface area (Å²) in [7, 11) is 0. The second-order valence-corrected chi connectivity index (χ2v) is 6.95. The summed E-state index contributed by atoms with van der Waals surface area (Å²) in [5.41, 5.74) is 2.03. The molecule has 7 nitrogen and oxygen atoms in total. The van der Waals surface area contributed by atoms with E-state index in [2.05, 4.69) is 15.4 Å². The first-order valence-corrected chi connectivity index (χ1v) is 9.27. The van der Waals surface area contributed by atoms with Crippen LogP contribution in [0.5, 0.6) is 0 Å². The summed E-state index contributed by atoms with van der Waals surface area (Å²) in [6.07, 6.45) is 1.56. The Labute approximate surface area is 165 Å². The van der Waals surface area contributed by atoms with Crippen LogP contribution in [-0.2, 0) is 11.3 Å². The third-order valence-corrected chi connectivity index (χ3v) is 5.08. The van der Waals surface area contributed by atoms with Gasteiger partial charge in [0.2, 0.25) is 0 Å². The highest BCUT2D eigenvalue weighted by molar-refractivity contribution is 6.42. The molecule has 4 rings (SSSR count). The summed E-state index contributed by atoms with van der Waals surface area (Å²) in [6.45, 7) is 2.76. The maximum absolute atomic E-state index is 12.8. The first-order chi connectivity index (χ1) is 13.1. The zero-order valence-electron chi connectivity index (χ0n) is 14.4. The number of anilines is 1. The van der Waals surface area contributed by atoms with E-state index in [1.165, 1.54) is 0 Å². The van der Waals surface area contributed by atoms with Crippen molar-refractivity contribution in [1.29, 1.82) is 0 Å². The Kier molecular flexibility index (Phi) is 5.15. The standard InChI is InChI=1S/C18H17Cl2N5O2/c19-13-2-1-12(9-14(13)20)10-21-16-3-4-17-22-11-15(25(17)23-16)18(26)24-5-7-27-8-6-24/h1-4,9,11H,5-8,10H2,(H,21,23). The van der Waals surface area contributed by atoms with E-state index < -0.39 is 0 Å². The van der Waals surface area contributed by atoms with Crippen molar-refractivity contribution >= 4 is 40.6 Å². The summed E-state index contributed by atoms with van der Waals surface area (Å²) in [5, 5.41) is 8.77. The van der Waals surface area contributed by atoms with E-state index in [1.54, 1.807) is 27.7 Å². The number of fused-ring (bicyclic) bond motifs is 1. The van der Waals surface area contributed by atoms with Crippen LogP contribution in [0.25, 0.3) is 5.65 Å². The number of morpholine rings is 1. The Balaban J connectivity index is 1.54. The molecule has 2 aromatic heterocycles. The van der Waals surface area contributed by atoms with Crippen LogP contribution in [0, 0.1) is 0 Å². The minimum atomic E-state index is -0.0973. The second kappa shape index (κ2) is 7.72. The molecule has 0 bridgehead atoms. The van der Waals surface area contributed by atoms with Gasteiger partial charge < -0.3 is 15.0 Å². The van der Waals surface area contributed by atoms with Crippen LogP contribution in [0.4, 0.5) is 5.82 Å². The number of imidazole rings is 1. The number of carbonyl (C=O) groups excluding carboxylic acids is 1. The number of benzene rings is 1. The molecule has 1 amide bonds. The number of halogens is 2. The van der Waals surface area contributed by atoms with Crippen molar-refractivity contribution in [2.45, 2.75) is 6.54 Å². The second-order valence-electron chi connectivity index (χ2n) is 6.14. The summed E-state index contributed by atoms with van der Waals surface area (Å²) >= 11 is 12.0. The smallest absolute Gasteiger partial charge is 0.274 e. The van der Waals surface area contributed by atoms with Crippen LogP contribution in [0.2, 0.25) is 10.0 Å². The largest absolute Gasteiger partial charge is 0.378 e. The van der Waals surface area contributed by atoms with Crippen molar-refractivity contribution in [3.63, 3.8) is 0 Å². The summed E-state index contributed by atoms with van der Waals surface area (Å²) in [4.78, 5) is 18.8. The van der Waals surface area contributed by atoms with Crippen LogP contribution >= 0.6 is 23.2 Å². The van der Waals surface area contributed by atoms with Gasteiger partial charge in [-0.05, 0) is 29.8 Å². The molecule has 0 aliphatic carbocycles. The molecule has 1 aliphatic heterocycles. The summed E-state index contributed by atoms with van der Waals surface area (Å²) in [6, 6.07) is 9.10. The first kappa shape index (κ1) is 18.0. The van der Waals surface area contributed by atoms with Gasteiger partial charge in [-0.2, -0.15) is 0 Å². The van der Waals surface area contributed by atoms with Crippen molar-refractivity contribution in [2.75, 3.05) is 31.6 Å². The maximum Gasteiger partial charge on any atom is 0.274 e. The Morgan fingerprint density at radius 1 is 1.15 bits per heavy atom. The molecule has 1 saturated heterocycles. The molecule has 3 aromatic rings. The fourth-order valence-electron chi connectivity index (χ4n) is 2.88. The number of amides is 1. The van der Waals surface area contributed by atoms with E-state index in [4.69, 9.17) is 27.9 Å². The molecule has 1 fully saturated rings. The predicted octanol–water partition coefficient (Wildman–Crippen LogP) is 3.12. The molecule has 0 atom stereocenters. The monoisotopic (exact) mass is 405 g/mol. The summed E-state index contributed by atoms with van der Waals surface area (Å²) < 4.78 is 6.87.